The van der Waals surface area contributed by atoms with Gasteiger partial charge in [0.05, 0.1) is 10.2 Å². The van der Waals surface area contributed by atoms with Gasteiger partial charge in [0.15, 0.2) is 5.13 Å². The van der Waals surface area contributed by atoms with Crippen LogP contribution in [0.4, 0.5) is 0 Å². The lowest BCUT2D eigenvalue weighted by molar-refractivity contribution is 0.0951. The van der Waals surface area contributed by atoms with Crippen molar-refractivity contribution in [3.63, 3.8) is 0 Å². The summed E-state index contributed by atoms with van der Waals surface area (Å²) in [7, 11) is 0. The van der Waals surface area contributed by atoms with Crippen LogP contribution in [0.3, 0.4) is 0 Å². The lowest BCUT2D eigenvalue weighted by Gasteiger charge is -2.03. The summed E-state index contributed by atoms with van der Waals surface area (Å²) in [5.74, 6) is -0.124. The summed E-state index contributed by atoms with van der Waals surface area (Å²) < 4.78 is 2.93. The molecule has 0 aliphatic heterocycles. The van der Waals surface area contributed by atoms with Crippen molar-refractivity contribution >= 4 is 27.5 Å². The van der Waals surface area contributed by atoms with Crippen LogP contribution in [0.5, 0.6) is 0 Å². The molecule has 3 rings (SSSR count). The molecule has 21 heavy (non-hydrogen) atoms. The number of aromatic nitrogens is 2. The second-order valence-corrected chi connectivity index (χ2v) is 5.61. The van der Waals surface area contributed by atoms with Crippen molar-refractivity contribution in [1.29, 1.82) is 0 Å². The van der Waals surface area contributed by atoms with Gasteiger partial charge in [0, 0.05) is 31.1 Å². The number of thiazole rings is 1. The summed E-state index contributed by atoms with van der Waals surface area (Å²) >= 11 is 1.55. The molecule has 108 valence electrons. The van der Waals surface area contributed by atoms with E-state index in [1.807, 2.05) is 41.2 Å². The molecule has 0 aliphatic rings. The molecule has 2 N–H and O–H groups in total. The van der Waals surface area contributed by atoms with Crippen molar-refractivity contribution in [3.8, 4) is 5.13 Å². The summed E-state index contributed by atoms with van der Waals surface area (Å²) in [5, 5.41) is 12.4. The Balaban J connectivity index is 1.84. The van der Waals surface area contributed by atoms with E-state index in [9.17, 15) is 4.79 Å². The molecule has 0 saturated carbocycles. The van der Waals surface area contributed by atoms with E-state index in [4.69, 9.17) is 5.11 Å². The third-order valence-electron chi connectivity index (χ3n) is 3.09. The van der Waals surface area contributed by atoms with Crippen LogP contribution in [0.2, 0.25) is 0 Å². The Morgan fingerprint density at radius 3 is 2.90 bits per heavy atom. The molecular weight excluding hydrogens is 286 g/mol. The van der Waals surface area contributed by atoms with Crippen LogP contribution in [0, 0.1) is 0 Å². The van der Waals surface area contributed by atoms with E-state index in [0.29, 0.717) is 18.5 Å². The van der Waals surface area contributed by atoms with E-state index in [1.165, 1.54) is 0 Å². The largest absolute Gasteiger partial charge is 0.396 e. The van der Waals surface area contributed by atoms with Gasteiger partial charge in [-0.15, -0.1) is 0 Å². The van der Waals surface area contributed by atoms with Crippen molar-refractivity contribution < 1.29 is 9.90 Å². The fourth-order valence-corrected chi connectivity index (χ4v) is 2.98. The quantitative estimate of drug-likeness (QED) is 0.710. The first kappa shape index (κ1) is 13.8. The molecule has 0 saturated heterocycles. The summed E-state index contributed by atoms with van der Waals surface area (Å²) in [6, 6.07) is 9.39. The van der Waals surface area contributed by atoms with Gasteiger partial charge in [-0.25, -0.2) is 4.98 Å². The minimum absolute atomic E-state index is 0.0778. The molecule has 0 spiro atoms. The Bertz CT molecular complexity index is 749. The molecule has 1 aromatic carbocycles. The van der Waals surface area contributed by atoms with Crippen molar-refractivity contribution in [1.82, 2.24) is 14.9 Å². The number of amides is 1. The number of carbonyl (C=O) groups excluding carboxylic acids is 1. The van der Waals surface area contributed by atoms with Gasteiger partial charge in [0.25, 0.3) is 5.91 Å². The van der Waals surface area contributed by atoms with E-state index in [-0.39, 0.29) is 12.5 Å². The Hall–Kier alpha value is -2.18. The predicted octanol–water partition coefficient (Wildman–Crippen LogP) is 2.20. The third-order valence-corrected chi connectivity index (χ3v) is 4.12. The second kappa shape index (κ2) is 6.07. The van der Waals surface area contributed by atoms with Crippen LogP contribution in [0.15, 0.2) is 42.7 Å². The van der Waals surface area contributed by atoms with Crippen LogP contribution in [0.25, 0.3) is 15.3 Å². The normalized spacial score (nSPS) is 10.9. The van der Waals surface area contributed by atoms with Gasteiger partial charge in [-0.2, -0.15) is 0 Å². The van der Waals surface area contributed by atoms with Crippen LogP contribution in [0.1, 0.15) is 16.8 Å². The van der Waals surface area contributed by atoms with Crippen molar-refractivity contribution in [2.24, 2.45) is 0 Å². The Labute approximate surface area is 125 Å². The number of nitrogens with zero attached hydrogens (tertiary/aromatic N) is 2. The SMILES string of the molecule is O=C(NCCCO)c1ccc2nc(-n3cccc3)sc2c1. The highest BCUT2D eigenvalue weighted by Crippen LogP contribution is 2.25. The van der Waals surface area contributed by atoms with Gasteiger partial charge in [0.2, 0.25) is 0 Å². The highest BCUT2D eigenvalue weighted by atomic mass is 32.1. The molecule has 0 bridgehead atoms. The Kier molecular flexibility index (Phi) is 3.98. The Morgan fingerprint density at radius 1 is 1.33 bits per heavy atom. The molecule has 0 aliphatic carbocycles. The first-order valence-electron chi connectivity index (χ1n) is 6.71. The summed E-state index contributed by atoms with van der Waals surface area (Å²) in [5.41, 5.74) is 1.50. The topological polar surface area (TPSA) is 67.2 Å². The fraction of sp³-hybridized carbons (Fsp3) is 0.200. The molecule has 3 aromatic rings. The lowest BCUT2D eigenvalue weighted by atomic mass is 10.2. The van der Waals surface area contributed by atoms with Crippen LogP contribution < -0.4 is 5.32 Å². The molecule has 2 aromatic heterocycles. The zero-order valence-corrected chi connectivity index (χ0v) is 12.1. The fourth-order valence-electron chi connectivity index (χ4n) is 2.01. The highest BCUT2D eigenvalue weighted by Gasteiger charge is 2.09. The first-order chi connectivity index (χ1) is 10.3. The number of aliphatic hydroxyl groups excluding tert-OH is 1. The minimum Gasteiger partial charge on any atom is -0.396 e. The number of aliphatic hydroxyl groups is 1. The van der Waals surface area contributed by atoms with Gasteiger partial charge in [-0.1, -0.05) is 11.3 Å². The average molecular weight is 301 g/mol. The second-order valence-electron chi connectivity index (χ2n) is 4.60. The van der Waals surface area contributed by atoms with Crippen molar-refractivity contribution in [2.45, 2.75) is 6.42 Å². The number of hydrogen-bond acceptors (Lipinski definition) is 4. The molecule has 5 nitrogen and oxygen atoms in total. The molecule has 6 heteroatoms. The summed E-state index contributed by atoms with van der Waals surface area (Å²) in [4.78, 5) is 16.5. The summed E-state index contributed by atoms with van der Waals surface area (Å²) in [6.07, 6.45) is 4.45. The smallest absolute Gasteiger partial charge is 0.251 e. The monoisotopic (exact) mass is 301 g/mol. The number of hydrogen-bond donors (Lipinski definition) is 2. The lowest BCUT2D eigenvalue weighted by Crippen LogP contribution is -2.24. The van der Waals surface area contributed by atoms with Crippen molar-refractivity contribution in [2.75, 3.05) is 13.2 Å². The maximum absolute atomic E-state index is 12.0. The zero-order chi connectivity index (χ0) is 14.7. The van der Waals surface area contributed by atoms with Crippen LogP contribution in [-0.4, -0.2) is 33.7 Å². The van der Waals surface area contributed by atoms with Crippen LogP contribution in [-0.2, 0) is 0 Å². The van der Waals surface area contributed by atoms with Gasteiger partial charge in [-0.05, 0) is 36.8 Å². The number of carbonyl (C=O) groups is 1. The van der Waals surface area contributed by atoms with E-state index in [2.05, 4.69) is 10.3 Å². The summed E-state index contributed by atoms with van der Waals surface area (Å²) in [6.45, 7) is 0.555. The van der Waals surface area contributed by atoms with Gasteiger partial charge in [-0.3, -0.25) is 4.79 Å². The number of nitrogens with one attached hydrogen (secondary N) is 1. The van der Waals surface area contributed by atoms with Gasteiger partial charge >= 0.3 is 0 Å². The molecule has 2 heterocycles. The van der Waals surface area contributed by atoms with E-state index >= 15 is 0 Å². The van der Waals surface area contributed by atoms with E-state index < -0.39 is 0 Å². The minimum atomic E-state index is -0.124. The average Bonchev–Trinajstić information content (AvgIpc) is 3.15. The molecule has 0 unspecified atom stereocenters. The third kappa shape index (κ3) is 2.96. The van der Waals surface area contributed by atoms with Crippen molar-refractivity contribution in [3.05, 3.63) is 48.3 Å². The predicted molar refractivity (Wildman–Crippen MR) is 83.0 cm³/mol. The highest BCUT2D eigenvalue weighted by molar-refractivity contribution is 7.20. The van der Waals surface area contributed by atoms with E-state index in [0.717, 1.165) is 15.3 Å². The number of fused-ring (bicyclic) bond motifs is 1. The van der Waals surface area contributed by atoms with Gasteiger partial charge < -0.3 is 15.0 Å². The number of rotatable bonds is 5. The number of benzene rings is 1. The molecular formula is C15H15N3O2S. The first-order valence-corrected chi connectivity index (χ1v) is 7.52. The standard InChI is InChI=1S/C15H15N3O2S/c19-9-3-6-16-14(20)11-4-5-12-13(10-11)21-15(17-12)18-7-1-2-8-18/h1-2,4-5,7-8,10,19H,3,6,9H2,(H,16,20). The molecule has 0 radical (unpaired) electrons. The molecule has 0 fully saturated rings. The van der Waals surface area contributed by atoms with Gasteiger partial charge in [0.1, 0.15) is 0 Å². The zero-order valence-electron chi connectivity index (χ0n) is 11.3. The van der Waals surface area contributed by atoms with Crippen LogP contribution >= 0.6 is 11.3 Å². The molecule has 0 atom stereocenters. The van der Waals surface area contributed by atoms with E-state index in [1.54, 1.807) is 17.4 Å². The maximum Gasteiger partial charge on any atom is 0.251 e. The Morgan fingerprint density at radius 2 is 2.14 bits per heavy atom. The molecule has 1 amide bonds. The maximum atomic E-state index is 12.0.